The highest BCUT2D eigenvalue weighted by atomic mass is 32.2. The molecule has 3 rings (SSSR count). The van der Waals surface area contributed by atoms with Gasteiger partial charge in [0.25, 0.3) is 0 Å². The van der Waals surface area contributed by atoms with Gasteiger partial charge in [0.2, 0.25) is 10.0 Å². The Morgan fingerprint density at radius 1 is 1.00 bits per heavy atom. The van der Waals surface area contributed by atoms with Crippen LogP contribution in [0.3, 0.4) is 0 Å². The van der Waals surface area contributed by atoms with E-state index in [9.17, 15) is 22.8 Å². The predicted molar refractivity (Wildman–Crippen MR) is 114 cm³/mol. The zero-order valence-corrected chi connectivity index (χ0v) is 18.7. The van der Waals surface area contributed by atoms with Crippen molar-refractivity contribution in [3.05, 3.63) is 41.1 Å². The van der Waals surface area contributed by atoms with Gasteiger partial charge in [0.05, 0.1) is 34.9 Å². The second-order valence-electron chi connectivity index (χ2n) is 7.40. The van der Waals surface area contributed by atoms with Crippen LogP contribution < -0.4 is 10.6 Å². The molecule has 2 N–H and O–H groups in total. The molecule has 0 unspecified atom stereocenters. The molecule has 1 aromatic rings. The lowest BCUT2D eigenvalue weighted by molar-refractivity contribution is -0.138. The molecule has 174 valence electrons. The summed E-state index contributed by atoms with van der Waals surface area (Å²) in [5.74, 6) is -1.33. The van der Waals surface area contributed by atoms with Crippen LogP contribution in [0, 0.1) is 0 Å². The van der Waals surface area contributed by atoms with E-state index in [-0.39, 0.29) is 41.5 Å². The number of hydrogen-bond donors (Lipinski definition) is 2. The minimum absolute atomic E-state index is 0.0411. The first-order valence-electron chi connectivity index (χ1n) is 10.5. The van der Waals surface area contributed by atoms with Gasteiger partial charge in [-0.2, -0.15) is 4.31 Å². The van der Waals surface area contributed by atoms with E-state index in [1.54, 1.807) is 6.92 Å². The average Bonchev–Trinajstić information content (AvgIpc) is 3.08. The smallest absolute Gasteiger partial charge is 0.338 e. The first kappa shape index (κ1) is 23.7. The molecule has 0 radical (unpaired) electrons. The number of amides is 2. The fraction of sp³-hybridized carbons (Fsp3) is 0.476. The summed E-state index contributed by atoms with van der Waals surface area (Å²) in [5, 5.41) is 4.91. The number of nitrogens with one attached hydrogen (secondary N) is 2. The zero-order chi connectivity index (χ0) is 23.1. The molecule has 1 aromatic carbocycles. The molecule has 2 aliphatic heterocycles. The maximum absolute atomic E-state index is 12.9. The Morgan fingerprint density at radius 2 is 1.66 bits per heavy atom. The molecule has 11 heteroatoms. The van der Waals surface area contributed by atoms with E-state index in [2.05, 4.69) is 10.6 Å². The Morgan fingerprint density at radius 3 is 2.28 bits per heavy atom. The van der Waals surface area contributed by atoms with E-state index in [4.69, 9.17) is 9.47 Å². The average molecular weight is 466 g/mol. The largest absolute Gasteiger partial charge is 0.463 e. The molecule has 2 heterocycles. The quantitative estimate of drug-likeness (QED) is 0.584. The van der Waals surface area contributed by atoms with Crippen molar-refractivity contribution in [3.8, 4) is 0 Å². The van der Waals surface area contributed by atoms with Gasteiger partial charge in [0, 0.05) is 13.1 Å². The summed E-state index contributed by atoms with van der Waals surface area (Å²) in [4.78, 5) is 36.2. The lowest BCUT2D eigenvalue weighted by Gasteiger charge is -2.21. The van der Waals surface area contributed by atoms with Crippen molar-refractivity contribution in [1.82, 2.24) is 14.9 Å². The molecule has 2 amide bonds. The summed E-state index contributed by atoms with van der Waals surface area (Å²) in [6.07, 6.45) is 3.70. The van der Waals surface area contributed by atoms with Crippen molar-refractivity contribution in [2.75, 3.05) is 32.8 Å². The highest BCUT2D eigenvalue weighted by Crippen LogP contribution is 2.21. The molecule has 0 aliphatic carbocycles. The van der Waals surface area contributed by atoms with Gasteiger partial charge in [-0.1, -0.05) is 12.8 Å². The molecule has 0 saturated carbocycles. The van der Waals surface area contributed by atoms with Crippen molar-refractivity contribution < 1.29 is 32.3 Å². The second-order valence-corrected chi connectivity index (χ2v) is 9.34. The third kappa shape index (κ3) is 5.65. The van der Waals surface area contributed by atoms with Crippen LogP contribution in [-0.4, -0.2) is 63.5 Å². The molecular formula is C21H27N3O7S. The molecule has 2 aliphatic rings. The summed E-state index contributed by atoms with van der Waals surface area (Å²) in [7, 11) is -3.62. The summed E-state index contributed by atoms with van der Waals surface area (Å²) >= 11 is 0. The zero-order valence-electron chi connectivity index (χ0n) is 17.9. The van der Waals surface area contributed by atoms with Gasteiger partial charge in [-0.05, 0) is 44.0 Å². The van der Waals surface area contributed by atoms with Gasteiger partial charge in [-0.3, -0.25) is 0 Å². The van der Waals surface area contributed by atoms with Crippen LogP contribution in [0.25, 0.3) is 0 Å². The van der Waals surface area contributed by atoms with Gasteiger partial charge in [-0.25, -0.2) is 22.8 Å². The van der Waals surface area contributed by atoms with E-state index in [0.29, 0.717) is 13.1 Å². The van der Waals surface area contributed by atoms with Gasteiger partial charge in [0.15, 0.2) is 0 Å². The standard InChI is InChI=1S/C21H27N3O7S/c1-2-30-20(26)17-13-22-21(27)23-18(17)14-31-19(25)15-7-9-16(10-8-15)32(28,29)24-11-5-3-4-6-12-24/h7-10H,2-6,11-14H2,1H3,(H2,22,23,27). The Labute approximate surface area is 187 Å². The molecule has 0 spiro atoms. The number of sulfonamides is 1. The number of ether oxygens (including phenoxy) is 2. The van der Waals surface area contributed by atoms with E-state index in [1.165, 1.54) is 28.6 Å². The highest BCUT2D eigenvalue weighted by Gasteiger charge is 2.26. The Balaban J connectivity index is 1.68. The van der Waals surface area contributed by atoms with Crippen LogP contribution in [-0.2, 0) is 24.3 Å². The minimum atomic E-state index is -3.62. The monoisotopic (exact) mass is 465 g/mol. The van der Waals surface area contributed by atoms with Crippen LogP contribution in [0.4, 0.5) is 4.79 Å². The fourth-order valence-corrected chi connectivity index (χ4v) is 5.00. The van der Waals surface area contributed by atoms with E-state index >= 15 is 0 Å². The Kier molecular flexibility index (Phi) is 7.86. The van der Waals surface area contributed by atoms with Gasteiger partial charge >= 0.3 is 18.0 Å². The van der Waals surface area contributed by atoms with Crippen LogP contribution in [0.2, 0.25) is 0 Å². The van der Waals surface area contributed by atoms with Crippen molar-refractivity contribution in [3.63, 3.8) is 0 Å². The van der Waals surface area contributed by atoms with Crippen LogP contribution in [0.5, 0.6) is 0 Å². The third-order valence-corrected chi connectivity index (χ3v) is 7.13. The van der Waals surface area contributed by atoms with Gasteiger partial charge in [-0.15, -0.1) is 0 Å². The minimum Gasteiger partial charge on any atom is -0.463 e. The van der Waals surface area contributed by atoms with Crippen LogP contribution in [0.15, 0.2) is 40.4 Å². The number of benzene rings is 1. The van der Waals surface area contributed by atoms with Crippen molar-refractivity contribution in [2.24, 2.45) is 0 Å². The molecule has 10 nitrogen and oxygen atoms in total. The van der Waals surface area contributed by atoms with Crippen molar-refractivity contribution in [2.45, 2.75) is 37.5 Å². The summed E-state index contributed by atoms with van der Waals surface area (Å²) < 4.78 is 37.4. The SMILES string of the molecule is CCOC(=O)C1=C(COC(=O)c2ccc(S(=O)(=O)N3CCCCCC3)cc2)NC(=O)NC1. The van der Waals surface area contributed by atoms with E-state index in [1.807, 2.05) is 0 Å². The van der Waals surface area contributed by atoms with E-state index in [0.717, 1.165) is 25.7 Å². The number of urea groups is 1. The van der Waals surface area contributed by atoms with Gasteiger partial charge < -0.3 is 20.1 Å². The topological polar surface area (TPSA) is 131 Å². The third-order valence-electron chi connectivity index (χ3n) is 5.22. The summed E-state index contributed by atoms with van der Waals surface area (Å²) in [5.41, 5.74) is 0.456. The number of nitrogens with zero attached hydrogens (tertiary/aromatic N) is 1. The Hall–Kier alpha value is -2.92. The number of rotatable bonds is 7. The molecule has 0 aromatic heterocycles. The normalized spacial score (nSPS) is 17.7. The van der Waals surface area contributed by atoms with Crippen LogP contribution >= 0.6 is 0 Å². The molecule has 0 atom stereocenters. The molecular weight excluding hydrogens is 438 g/mol. The highest BCUT2D eigenvalue weighted by molar-refractivity contribution is 7.89. The molecule has 1 saturated heterocycles. The summed E-state index contributed by atoms with van der Waals surface area (Å²) in [6.45, 7) is 2.42. The van der Waals surface area contributed by atoms with Crippen LogP contribution in [0.1, 0.15) is 43.0 Å². The maximum Gasteiger partial charge on any atom is 0.338 e. The first-order chi connectivity index (χ1) is 15.3. The maximum atomic E-state index is 12.9. The summed E-state index contributed by atoms with van der Waals surface area (Å²) in [6, 6.07) is 5.01. The predicted octanol–water partition coefficient (Wildman–Crippen LogP) is 1.54. The first-order valence-corrected chi connectivity index (χ1v) is 12.0. The van der Waals surface area contributed by atoms with Crippen molar-refractivity contribution >= 4 is 28.0 Å². The number of hydrogen-bond acceptors (Lipinski definition) is 7. The molecule has 32 heavy (non-hydrogen) atoms. The Bertz CT molecular complexity index is 995. The number of carbonyl (C=O) groups is 3. The second kappa shape index (κ2) is 10.6. The van der Waals surface area contributed by atoms with Crippen molar-refractivity contribution in [1.29, 1.82) is 0 Å². The lowest BCUT2D eigenvalue weighted by Crippen LogP contribution is -2.45. The fourth-order valence-electron chi connectivity index (χ4n) is 3.48. The lowest BCUT2D eigenvalue weighted by atomic mass is 10.1. The number of carbonyl (C=O) groups excluding carboxylic acids is 3. The van der Waals surface area contributed by atoms with Gasteiger partial charge in [0.1, 0.15) is 6.61 Å². The van der Waals surface area contributed by atoms with E-state index < -0.39 is 28.0 Å². The molecule has 0 bridgehead atoms. The number of esters is 2. The molecule has 1 fully saturated rings.